The minimum atomic E-state index is -0.311. The molecule has 0 aliphatic rings. The molecule has 0 fully saturated rings. The van der Waals surface area contributed by atoms with Gasteiger partial charge in [0.1, 0.15) is 5.82 Å². The molecule has 0 aromatic heterocycles. The van der Waals surface area contributed by atoms with Crippen molar-refractivity contribution in [2.24, 2.45) is 0 Å². The van der Waals surface area contributed by atoms with Crippen molar-refractivity contribution < 1.29 is 4.39 Å². The molecule has 0 nitrogen and oxygen atoms in total. The van der Waals surface area contributed by atoms with E-state index in [2.05, 4.69) is 23.7 Å². The number of hydrogen-bond donors (Lipinski definition) is 0. The Morgan fingerprint density at radius 2 is 1.77 bits per heavy atom. The molecule has 0 radical (unpaired) electrons. The van der Waals surface area contributed by atoms with E-state index in [1.54, 1.807) is 26.0 Å². The van der Waals surface area contributed by atoms with Gasteiger partial charge in [0.05, 0.1) is 5.56 Å². The zero-order valence-electron chi connectivity index (χ0n) is 7.61. The lowest BCUT2D eigenvalue weighted by Crippen LogP contribution is -1.84. The Labute approximate surface area is 77.8 Å². The molecule has 1 heteroatoms. The summed E-state index contributed by atoms with van der Waals surface area (Å²) in [4.78, 5) is 0. The summed E-state index contributed by atoms with van der Waals surface area (Å²) in [5.41, 5.74) is 1.10. The van der Waals surface area contributed by atoms with E-state index in [-0.39, 0.29) is 5.82 Å². The van der Waals surface area contributed by atoms with Gasteiger partial charge in [-0.05, 0) is 32.0 Å². The Kier molecular flexibility index (Phi) is 3.12. The molecule has 0 bridgehead atoms. The van der Waals surface area contributed by atoms with Crippen LogP contribution in [0.5, 0.6) is 0 Å². The summed E-state index contributed by atoms with van der Waals surface area (Å²) in [6, 6.07) is 4.81. The van der Waals surface area contributed by atoms with E-state index < -0.39 is 0 Å². The molecular formula is C12H9F. The van der Waals surface area contributed by atoms with Crippen LogP contribution in [0.15, 0.2) is 18.2 Å². The van der Waals surface area contributed by atoms with Gasteiger partial charge in [-0.2, -0.15) is 0 Å². The predicted molar refractivity (Wildman–Crippen MR) is 51.5 cm³/mol. The van der Waals surface area contributed by atoms with Crippen LogP contribution in [0.1, 0.15) is 25.0 Å². The second-order valence-corrected chi connectivity index (χ2v) is 2.44. The number of rotatable bonds is 0. The standard InChI is InChI=1S/C12H9F/c1-3-5-10-7-8-11(6-4-2)12(13)9-10/h7-9H,1-2H3. The van der Waals surface area contributed by atoms with Crippen molar-refractivity contribution in [3.05, 3.63) is 35.1 Å². The van der Waals surface area contributed by atoms with E-state index in [1.807, 2.05) is 0 Å². The van der Waals surface area contributed by atoms with Crippen LogP contribution in [0.4, 0.5) is 4.39 Å². The molecule has 1 aromatic carbocycles. The predicted octanol–water partition coefficient (Wildman–Crippen LogP) is 2.57. The summed E-state index contributed by atoms with van der Waals surface area (Å²) in [6.45, 7) is 3.40. The van der Waals surface area contributed by atoms with Crippen molar-refractivity contribution in [2.75, 3.05) is 0 Å². The molecule has 0 aliphatic heterocycles. The van der Waals surface area contributed by atoms with Gasteiger partial charge in [-0.1, -0.05) is 11.8 Å². The van der Waals surface area contributed by atoms with Crippen molar-refractivity contribution in [3.8, 4) is 23.7 Å². The lowest BCUT2D eigenvalue weighted by atomic mass is 10.1. The summed E-state index contributed by atoms with van der Waals surface area (Å²) in [6.07, 6.45) is 0. The fourth-order valence-corrected chi connectivity index (χ4v) is 0.973. The van der Waals surface area contributed by atoms with Gasteiger partial charge in [0.2, 0.25) is 0 Å². The molecule has 0 N–H and O–H groups in total. The molecular weight excluding hydrogens is 163 g/mol. The first kappa shape index (κ1) is 9.36. The van der Waals surface area contributed by atoms with Gasteiger partial charge in [0, 0.05) is 5.56 Å². The number of hydrogen-bond acceptors (Lipinski definition) is 0. The quantitative estimate of drug-likeness (QED) is 0.527. The van der Waals surface area contributed by atoms with E-state index in [1.165, 1.54) is 6.07 Å². The van der Waals surface area contributed by atoms with Crippen molar-refractivity contribution in [1.29, 1.82) is 0 Å². The molecule has 0 saturated heterocycles. The Bertz CT molecular complexity index is 422. The second-order valence-electron chi connectivity index (χ2n) is 2.44. The summed E-state index contributed by atoms with van der Waals surface area (Å²) in [7, 11) is 0. The van der Waals surface area contributed by atoms with Gasteiger partial charge in [-0.25, -0.2) is 4.39 Å². The molecule has 1 aromatic rings. The minimum absolute atomic E-state index is 0.311. The van der Waals surface area contributed by atoms with Crippen molar-refractivity contribution in [1.82, 2.24) is 0 Å². The van der Waals surface area contributed by atoms with Gasteiger partial charge in [0.15, 0.2) is 0 Å². The second kappa shape index (κ2) is 4.33. The molecule has 0 unspecified atom stereocenters. The first-order valence-electron chi connectivity index (χ1n) is 3.93. The summed E-state index contributed by atoms with van der Waals surface area (Å²) in [5.74, 6) is 10.5. The topological polar surface area (TPSA) is 0 Å². The molecule has 0 aliphatic carbocycles. The number of benzene rings is 1. The molecule has 13 heavy (non-hydrogen) atoms. The Morgan fingerprint density at radius 3 is 2.31 bits per heavy atom. The fourth-order valence-electron chi connectivity index (χ4n) is 0.973. The van der Waals surface area contributed by atoms with Crippen LogP contribution < -0.4 is 0 Å². The van der Waals surface area contributed by atoms with E-state index in [0.717, 1.165) is 0 Å². The lowest BCUT2D eigenvalue weighted by molar-refractivity contribution is 0.624. The van der Waals surface area contributed by atoms with E-state index in [9.17, 15) is 4.39 Å². The monoisotopic (exact) mass is 172 g/mol. The largest absolute Gasteiger partial charge is 0.206 e. The smallest absolute Gasteiger partial charge is 0.140 e. The summed E-state index contributed by atoms with van der Waals surface area (Å²) >= 11 is 0. The average molecular weight is 172 g/mol. The van der Waals surface area contributed by atoms with Crippen LogP contribution >= 0.6 is 0 Å². The highest BCUT2D eigenvalue weighted by atomic mass is 19.1. The van der Waals surface area contributed by atoms with Crippen LogP contribution in [-0.2, 0) is 0 Å². The third-order valence-electron chi connectivity index (χ3n) is 1.50. The molecule has 0 amide bonds. The van der Waals surface area contributed by atoms with Crippen LogP contribution in [0.2, 0.25) is 0 Å². The van der Waals surface area contributed by atoms with E-state index in [4.69, 9.17) is 0 Å². The first-order valence-corrected chi connectivity index (χ1v) is 3.93. The maximum atomic E-state index is 13.2. The molecule has 0 heterocycles. The summed E-state index contributed by atoms with van der Waals surface area (Å²) in [5, 5.41) is 0. The zero-order valence-corrected chi connectivity index (χ0v) is 7.61. The molecule has 0 atom stereocenters. The third-order valence-corrected chi connectivity index (χ3v) is 1.50. The van der Waals surface area contributed by atoms with Crippen LogP contribution in [0.3, 0.4) is 0 Å². The normalized spacial score (nSPS) is 7.92. The minimum Gasteiger partial charge on any atom is -0.206 e. The van der Waals surface area contributed by atoms with Gasteiger partial charge in [0.25, 0.3) is 0 Å². The number of halogens is 1. The van der Waals surface area contributed by atoms with Gasteiger partial charge in [-0.15, -0.1) is 11.8 Å². The average Bonchev–Trinajstić information content (AvgIpc) is 2.10. The molecule has 0 spiro atoms. The Balaban J connectivity index is 3.15. The Morgan fingerprint density at radius 1 is 1.08 bits per heavy atom. The third kappa shape index (κ3) is 2.36. The van der Waals surface area contributed by atoms with E-state index in [0.29, 0.717) is 11.1 Å². The van der Waals surface area contributed by atoms with Crippen molar-refractivity contribution in [2.45, 2.75) is 13.8 Å². The SMILES string of the molecule is CC#Cc1ccc(C#CC)c(F)c1. The summed E-state index contributed by atoms with van der Waals surface area (Å²) < 4.78 is 13.2. The van der Waals surface area contributed by atoms with Crippen molar-refractivity contribution >= 4 is 0 Å². The van der Waals surface area contributed by atoms with Crippen LogP contribution in [0, 0.1) is 29.5 Å². The molecule has 64 valence electrons. The van der Waals surface area contributed by atoms with E-state index >= 15 is 0 Å². The highest BCUT2D eigenvalue weighted by Gasteiger charge is 1.98. The highest BCUT2D eigenvalue weighted by molar-refractivity contribution is 5.42. The lowest BCUT2D eigenvalue weighted by Gasteiger charge is -1.94. The molecule has 0 saturated carbocycles. The maximum absolute atomic E-state index is 13.2. The molecule has 1 rings (SSSR count). The highest BCUT2D eigenvalue weighted by Crippen LogP contribution is 2.08. The van der Waals surface area contributed by atoms with Gasteiger partial charge >= 0.3 is 0 Å². The van der Waals surface area contributed by atoms with Gasteiger partial charge < -0.3 is 0 Å². The van der Waals surface area contributed by atoms with Gasteiger partial charge in [-0.3, -0.25) is 0 Å². The first-order chi connectivity index (χ1) is 6.27. The Hall–Kier alpha value is -1.73. The maximum Gasteiger partial charge on any atom is 0.140 e. The van der Waals surface area contributed by atoms with Crippen LogP contribution in [0.25, 0.3) is 0 Å². The van der Waals surface area contributed by atoms with Crippen molar-refractivity contribution in [3.63, 3.8) is 0 Å². The van der Waals surface area contributed by atoms with Crippen LogP contribution in [-0.4, -0.2) is 0 Å². The fraction of sp³-hybridized carbons (Fsp3) is 0.167. The zero-order chi connectivity index (χ0) is 9.68.